The molecule has 1 aromatic rings. The Morgan fingerprint density at radius 2 is 2.00 bits per heavy atom. The first kappa shape index (κ1) is 14.4. The minimum absolute atomic E-state index is 0.0280. The molecule has 0 N–H and O–H groups in total. The van der Waals surface area contributed by atoms with Crippen LogP contribution in [0.15, 0.2) is 18.2 Å². The molecule has 3 nitrogen and oxygen atoms in total. The fraction of sp³-hybridized carbons (Fsp3) is 0.533. The summed E-state index contributed by atoms with van der Waals surface area (Å²) in [6.07, 6.45) is 0. The molecule has 3 heteroatoms. The zero-order chi connectivity index (χ0) is 13.8. The van der Waals surface area contributed by atoms with Gasteiger partial charge >= 0.3 is 0 Å². The van der Waals surface area contributed by atoms with Crippen LogP contribution in [0, 0.1) is 17.2 Å². The van der Waals surface area contributed by atoms with Crippen molar-refractivity contribution in [1.82, 2.24) is 0 Å². The molecule has 0 amide bonds. The largest absolute Gasteiger partial charge is 0.497 e. The summed E-state index contributed by atoms with van der Waals surface area (Å²) in [4.78, 5) is 0. The van der Waals surface area contributed by atoms with Crippen LogP contribution < -0.4 is 9.47 Å². The number of rotatable bonds is 4. The van der Waals surface area contributed by atoms with E-state index in [1.54, 1.807) is 7.11 Å². The first-order valence-electron chi connectivity index (χ1n) is 6.09. The van der Waals surface area contributed by atoms with Gasteiger partial charge in [0.2, 0.25) is 0 Å². The van der Waals surface area contributed by atoms with Crippen molar-refractivity contribution >= 4 is 0 Å². The highest BCUT2D eigenvalue weighted by molar-refractivity contribution is 5.44. The highest BCUT2D eigenvalue weighted by Crippen LogP contribution is 2.34. The number of hydrogen-bond donors (Lipinski definition) is 0. The molecule has 18 heavy (non-hydrogen) atoms. The monoisotopic (exact) mass is 247 g/mol. The number of nitriles is 1. The Morgan fingerprint density at radius 3 is 2.50 bits per heavy atom. The van der Waals surface area contributed by atoms with E-state index in [-0.39, 0.29) is 11.3 Å². The van der Waals surface area contributed by atoms with E-state index in [2.05, 4.69) is 26.8 Å². The van der Waals surface area contributed by atoms with Crippen molar-refractivity contribution < 1.29 is 9.47 Å². The zero-order valence-electron chi connectivity index (χ0n) is 11.8. The summed E-state index contributed by atoms with van der Waals surface area (Å²) in [5.41, 5.74) is 1.06. The number of hydrogen-bond acceptors (Lipinski definition) is 3. The Bertz CT molecular complexity index is 441. The fourth-order valence-corrected chi connectivity index (χ4v) is 1.60. The Hall–Kier alpha value is -1.69. The van der Waals surface area contributed by atoms with Gasteiger partial charge in [-0.05, 0) is 30.5 Å². The van der Waals surface area contributed by atoms with Gasteiger partial charge < -0.3 is 9.47 Å². The van der Waals surface area contributed by atoms with E-state index in [4.69, 9.17) is 14.7 Å². The second-order valence-corrected chi connectivity index (χ2v) is 5.45. The first-order chi connectivity index (χ1) is 8.38. The van der Waals surface area contributed by atoms with Crippen LogP contribution in [-0.2, 0) is 5.41 Å². The van der Waals surface area contributed by atoms with Crippen molar-refractivity contribution in [1.29, 1.82) is 5.26 Å². The SMILES string of the molecule is COc1ccc(OCC(C)C#N)c(C(C)(C)C)c1. The molecule has 1 rings (SSSR count). The van der Waals surface area contributed by atoms with Gasteiger partial charge in [-0.2, -0.15) is 5.26 Å². The summed E-state index contributed by atoms with van der Waals surface area (Å²) in [5.74, 6) is 1.53. The molecular formula is C15H21NO2. The molecule has 1 aromatic carbocycles. The second-order valence-electron chi connectivity index (χ2n) is 5.45. The third-order valence-electron chi connectivity index (χ3n) is 2.70. The Morgan fingerprint density at radius 1 is 1.33 bits per heavy atom. The maximum absolute atomic E-state index is 8.77. The van der Waals surface area contributed by atoms with Gasteiger partial charge in [0.05, 0.1) is 19.1 Å². The molecule has 1 atom stereocenters. The van der Waals surface area contributed by atoms with E-state index in [0.29, 0.717) is 6.61 Å². The lowest BCUT2D eigenvalue weighted by molar-refractivity contribution is 0.280. The lowest BCUT2D eigenvalue weighted by atomic mass is 9.86. The van der Waals surface area contributed by atoms with Gasteiger partial charge in [-0.3, -0.25) is 0 Å². The Balaban J connectivity index is 3.00. The van der Waals surface area contributed by atoms with Gasteiger partial charge in [0.15, 0.2) is 0 Å². The molecule has 0 heterocycles. The summed E-state index contributed by atoms with van der Waals surface area (Å²) in [5, 5.41) is 8.77. The predicted octanol–water partition coefficient (Wildman–Crippen LogP) is 3.53. The minimum Gasteiger partial charge on any atom is -0.497 e. The molecule has 98 valence electrons. The van der Waals surface area contributed by atoms with Crippen molar-refractivity contribution in [2.24, 2.45) is 5.92 Å². The summed E-state index contributed by atoms with van der Waals surface area (Å²) in [6, 6.07) is 7.94. The van der Waals surface area contributed by atoms with Crippen LogP contribution in [0.3, 0.4) is 0 Å². The van der Waals surface area contributed by atoms with Crippen LogP contribution in [0.2, 0.25) is 0 Å². The average Bonchev–Trinajstić information content (AvgIpc) is 2.34. The number of ether oxygens (including phenoxy) is 2. The summed E-state index contributed by atoms with van der Waals surface area (Å²) in [7, 11) is 1.65. The average molecular weight is 247 g/mol. The van der Waals surface area contributed by atoms with Crippen LogP contribution in [0.5, 0.6) is 11.5 Å². The molecule has 0 aliphatic rings. The molecule has 1 unspecified atom stereocenters. The van der Waals surface area contributed by atoms with E-state index in [9.17, 15) is 0 Å². The van der Waals surface area contributed by atoms with Crippen molar-refractivity contribution in [2.75, 3.05) is 13.7 Å². The van der Waals surface area contributed by atoms with Gasteiger partial charge in [0.1, 0.15) is 18.1 Å². The summed E-state index contributed by atoms with van der Waals surface area (Å²) in [6.45, 7) is 8.64. The van der Waals surface area contributed by atoms with Crippen LogP contribution in [0.4, 0.5) is 0 Å². The summed E-state index contributed by atoms with van der Waals surface area (Å²) < 4.78 is 11.0. The number of methoxy groups -OCH3 is 1. The molecule has 0 spiro atoms. The maximum Gasteiger partial charge on any atom is 0.123 e. The van der Waals surface area contributed by atoms with E-state index < -0.39 is 0 Å². The molecule has 0 fully saturated rings. The van der Waals surface area contributed by atoms with Crippen molar-refractivity contribution in [2.45, 2.75) is 33.1 Å². The van der Waals surface area contributed by atoms with Crippen LogP contribution in [0.1, 0.15) is 33.3 Å². The van der Waals surface area contributed by atoms with E-state index in [1.165, 1.54) is 0 Å². The normalized spacial score (nSPS) is 12.7. The fourth-order valence-electron chi connectivity index (χ4n) is 1.60. The smallest absolute Gasteiger partial charge is 0.123 e. The first-order valence-corrected chi connectivity index (χ1v) is 6.09. The Labute approximate surface area is 109 Å². The number of nitrogens with zero attached hydrogens (tertiary/aromatic N) is 1. The van der Waals surface area contributed by atoms with E-state index >= 15 is 0 Å². The minimum atomic E-state index is -0.111. The summed E-state index contributed by atoms with van der Waals surface area (Å²) >= 11 is 0. The second kappa shape index (κ2) is 5.77. The molecule has 0 aliphatic heterocycles. The molecule has 0 saturated heterocycles. The Kier molecular flexibility index (Phi) is 4.61. The van der Waals surface area contributed by atoms with Gasteiger partial charge in [-0.15, -0.1) is 0 Å². The molecule has 0 aliphatic carbocycles. The zero-order valence-corrected chi connectivity index (χ0v) is 11.8. The van der Waals surface area contributed by atoms with Crippen LogP contribution >= 0.6 is 0 Å². The standard InChI is InChI=1S/C15H21NO2/c1-11(9-16)10-18-14-7-6-12(17-5)8-13(14)15(2,3)4/h6-8,11H,10H2,1-5H3. The van der Waals surface area contributed by atoms with Gasteiger partial charge in [0, 0.05) is 5.56 Å². The lowest BCUT2D eigenvalue weighted by Crippen LogP contribution is -2.15. The molecule has 0 radical (unpaired) electrons. The third kappa shape index (κ3) is 3.66. The van der Waals surface area contributed by atoms with Crippen LogP contribution in [-0.4, -0.2) is 13.7 Å². The highest BCUT2D eigenvalue weighted by atomic mass is 16.5. The van der Waals surface area contributed by atoms with Gasteiger partial charge in [-0.25, -0.2) is 0 Å². The van der Waals surface area contributed by atoms with Crippen LogP contribution in [0.25, 0.3) is 0 Å². The number of benzene rings is 1. The molecular weight excluding hydrogens is 226 g/mol. The lowest BCUT2D eigenvalue weighted by Gasteiger charge is -2.23. The molecule has 0 aromatic heterocycles. The van der Waals surface area contributed by atoms with Crippen molar-refractivity contribution in [3.8, 4) is 17.6 Å². The van der Waals surface area contributed by atoms with E-state index in [0.717, 1.165) is 17.1 Å². The quantitative estimate of drug-likeness (QED) is 0.817. The topological polar surface area (TPSA) is 42.2 Å². The highest BCUT2D eigenvalue weighted by Gasteiger charge is 2.20. The van der Waals surface area contributed by atoms with Gasteiger partial charge in [-0.1, -0.05) is 20.8 Å². The molecule has 0 bridgehead atoms. The van der Waals surface area contributed by atoms with Crippen molar-refractivity contribution in [3.05, 3.63) is 23.8 Å². The van der Waals surface area contributed by atoms with E-state index in [1.807, 2.05) is 25.1 Å². The maximum atomic E-state index is 8.77. The molecule has 0 saturated carbocycles. The predicted molar refractivity (Wildman–Crippen MR) is 72.0 cm³/mol. The third-order valence-corrected chi connectivity index (χ3v) is 2.70. The van der Waals surface area contributed by atoms with Crippen molar-refractivity contribution in [3.63, 3.8) is 0 Å². The van der Waals surface area contributed by atoms with Gasteiger partial charge in [0.25, 0.3) is 0 Å².